The average molecular weight is 450 g/mol. The van der Waals surface area contributed by atoms with E-state index in [1.807, 2.05) is 6.07 Å². The molecule has 0 fully saturated rings. The van der Waals surface area contributed by atoms with Gasteiger partial charge in [-0.15, -0.1) is 0 Å². The number of alkyl halides is 3. The molecule has 1 aliphatic heterocycles. The second-order valence-electron chi connectivity index (χ2n) is 6.91. The molecule has 1 heterocycles. The summed E-state index contributed by atoms with van der Waals surface area (Å²) in [5.74, 6) is 0. The zero-order chi connectivity index (χ0) is 22.9. The molecule has 1 aliphatic rings. The van der Waals surface area contributed by atoms with E-state index in [4.69, 9.17) is 5.26 Å². The molecular weight excluding hydrogens is 433 g/mol. The van der Waals surface area contributed by atoms with Crippen LogP contribution in [-0.2, 0) is 9.84 Å². The van der Waals surface area contributed by atoms with Crippen molar-refractivity contribution in [2.75, 3.05) is 18.1 Å². The van der Waals surface area contributed by atoms with Crippen LogP contribution in [-0.4, -0.2) is 32.1 Å². The number of sulfone groups is 1. The summed E-state index contributed by atoms with van der Waals surface area (Å²) < 4.78 is 60.1. The number of hydrogen-bond donors (Lipinski definition) is 2. The van der Waals surface area contributed by atoms with Gasteiger partial charge in [0.1, 0.15) is 11.9 Å². The number of nitrogens with one attached hydrogen (secondary N) is 2. The number of hydrogen-bond acceptors (Lipinski definition) is 6. The molecule has 0 saturated carbocycles. The van der Waals surface area contributed by atoms with Crippen LogP contribution in [0.25, 0.3) is 5.57 Å². The van der Waals surface area contributed by atoms with E-state index in [0.717, 1.165) is 18.7 Å². The van der Waals surface area contributed by atoms with Crippen LogP contribution in [0.2, 0.25) is 0 Å². The van der Waals surface area contributed by atoms with Crippen molar-refractivity contribution in [3.8, 4) is 6.07 Å². The maximum atomic E-state index is 12.9. The predicted molar refractivity (Wildman–Crippen MR) is 108 cm³/mol. The molecule has 31 heavy (non-hydrogen) atoms. The van der Waals surface area contributed by atoms with Gasteiger partial charge in [0.05, 0.1) is 22.7 Å². The highest BCUT2D eigenvalue weighted by Crippen LogP contribution is 2.31. The third-order valence-electron chi connectivity index (χ3n) is 4.36. The van der Waals surface area contributed by atoms with Crippen LogP contribution in [0.15, 0.2) is 71.5 Å². The van der Waals surface area contributed by atoms with Crippen molar-refractivity contribution in [3.63, 3.8) is 0 Å². The molecule has 7 nitrogen and oxygen atoms in total. The van der Waals surface area contributed by atoms with Crippen molar-refractivity contribution in [2.45, 2.75) is 11.1 Å². The van der Waals surface area contributed by atoms with Crippen molar-refractivity contribution in [1.82, 2.24) is 5.43 Å². The fourth-order valence-corrected chi connectivity index (χ4v) is 3.56. The molecule has 11 heteroatoms. The Kier molecular flexibility index (Phi) is 5.82. The lowest BCUT2D eigenvalue weighted by atomic mass is 10.0. The van der Waals surface area contributed by atoms with Crippen LogP contribution in [0.3, 0.4) is 0 Å². The standard InChI is InChI=1S/C20H17F3N4O3S/c1-31(29,30)17-8-4-15(5-9-17)18-11-25-27(28,13-20(21,22)23)12-19(18)26-16-6-2-14(10-24)3-7-16/h2-9,11-12,25-26H,13H2,1H3. The summed E-state index contributed by atoms with van der Waals surface area (Å²) in [7, 11) is -3.43. The van der Waals surface area contributed by atoms with Gasteiger partial charge in [0.25, 0.3) is 0 Å². The van der Waals surface area contributed by atoms with Gasteiger partial charge in [0.15, 0.2) is 9.84 Å². The quantitative estimate of drug-likeness (QED) is 0.532. The van der Waals surface area contributed by atoms with Crippen LogP contribution in [0.1, 0.15) is 11.1 Å². The molecule has 1 unspecified atom stereocenters. The summed E-state index contributed by atoms with van der Waals surface area (Å²) >= 11 is 0. The van der Waals surface area contributed by atoms with Crippen molar-refractivity contribution < 1.29 is 26.3 Å². The smallest absolute Gasteiger partial charge is 0.441 e. The molecule has 2 aromatic carbocycles. The number of allylic oxidation sites excluding steroid dienone is 1. The van der Waals surface area contributed by atoms with Gasteiger partial charge >= 0.3 is 6.18 Å². The van der Waals surface area contributed by atoms with Gasteiger partial charge < -0.3 is 10.5 Å². The topological polar surface area (TPSA) is 105 Å². The predicted octanol–water partition coefficient (Wildman–Crippen LogP) is 3.65. The van der Waals surface area contributed by atoms with Crippen molar-refractivity contribution in [2.24, 2.45) is 0 Å². The third-order valence-corrected chi connectivity index (χ3v) is 5.48. The van der Waals surface area contributed by atoms with Crippen LogP contribution in [0.5, 0.6) is 0 Å². The molecule has 0 spiro atoms. The molecule has 0 aromatic heterocycles. The monoisotopic (exact) mass is 450 g/mol. The normalized spacial score (nSPS) is 19.0. The fraction of sp³-hybridized carbons (Fsp3) is 0.150. The minimum absolute atomic E-state index is 0.0808. The number of anilines is 1. The summed E-state index contributed by atoms with van der Waals surface area (Å²) in [5, 5.41) is 24.4. The lowest BCUT2D eigenvalue weighted by Gasteiger charge is -2.40. The van der Waals surface area contributed by atoms with E-state index in [0.29, 0.717) is 22.4 Å². The van der Waals surface area contributed by atoms with Gasteiger partial charge in [-0.1, -0.05) is 12.1 Å². The molecule has 162 valence electrons. The van der Waals surface area contributed by atoms with Crippen LogP contribution in [0, 0.1) is 16.5 Å². The summed E-state index contributed by atoms with van der Waals surface area (Å²) in [6, 6.07) is 13.8. The Balaban J connectivity index is 1.99. The maximum Gasteiger partial charge on any atom is 0.441 e. The van der Waals surface area contributed by atoms with E-state index in [-0.39, 0.29) is 10.6 Å². The zero-order valence-electron chi connectivity index (χ0n) is 16.1. The van der Waals surface area contributed by atoms with Gasteiger partial charge in [-0.2, -0.15) is 18.4 Å². The van der Waals surface area contributed by atoms with Crippen molar-refractivity contribution in [1.29, 1.82) is 5.26 Å². The van der Waals surface area contributed by atoms with E-state index in [1.54, 1.807) is 12.1 Å². The first kappa shape index (κ1) is 22.4. The van der Waals surface area contributed by atoms with Crippen molar-refractivity contribution >= 4 is 21.1 Å². The Hall–Kier alpha value is -3.33. The molecule has 0 bridgehead atoms. The highest BCUT2D eigenvalue weighted by molar-refractivity contribution is 7.90. The van der Waals surface area contributed by atoms with Gasteiger partial charge in [-0.25, -0.2) is 18.6 Å². The number of nitrogens with zero attached hydrogens (tertiary/aromatic N) is 2. The zero-order valence-corrected chi connectivity index (χ0v) is 17.0. The Morgan fingerprint density at radius 2 is 1.74 bits per heavy atom. The molecule has 0 aliphatic carbocycles. The molecule has 2 N–H and O–H groups in total. The summed E-state index contributed by atoms with van der Waals surface area (Å²) in [5.41, 5.74) is 3.97. The van der Waals surface area contributed by atoms with Crippen LogP contribution >= 0.6 is 0 Å². The third kappa shape index (κ3) is 5.64. The number of benzene rings is 2. The van der Waals surface area contributed by atoms with E-state index < -0.39 is 27.3 Å². The highest BCUT2D eigenvalue weighted by atomic mass is 32.2. The Labute approximate surface area is 176 Å². The molecule has 1 atom stereocenters. The largest absolute Gasteiger partial charge is 0.601 e. The number of hydroxylamine groups is 2. The Bertz CT molecular complexity index is 1180. The summed E-state index contributed by atoms with van der Waals surface area (Å²) in [4.78, 5) is 0.0808. The molecule has 2 aromatic rings. The minimum Gasteiger partial charge on any atom is -0.601 e. The van der Waals surface area contributed by atoms with E-state index in [9.17, 15) is 26.8 Å². The van der Waals surface area contributed by atoms with Crippen molar-refractivity contribution in [3.05, 3.63) is 83.0 Å². The van der Waals surface area contributed by atoms with E-state index >= 15 is 0 Å². The van der Waals surface area contributed by atoms with E-state index in [2.05, 4.69) is 10.7 Å². The van der Waals surface area contributed by atoms with Gasteiger partial charge in [-0.05, 0) is 42.0 Å². The lowest BCUT2D eigenvalue weighted by Crippen LogP contribution is -2.53. The molecule has 0 saturated heterocycles. The average Bonchev–Trinajstić information content (AvgIpc) is 2.66. The van der Waals surface area contributed by atoms with Gasteiger partial charge in [0.2, 0.25) is 6.54 Å². The summed E-state index contributed by atoms with van der Waals surface area (Å²) in [6.07, 6.45) is -1.65. The SMILES string of the molecule is CS(=O)(=O)c1ccc(C2=CN[N+]([O-])(CC(F)(F)F)C=C2Nc2ccc(C#N)cc2)cc1. The second kappa shape index (κ2) is 8.07. The molecule has 0 amide bonds. The number of quaternary nitrogens is 1. The molecule has 0 radical (unpaired) electrons. The molecule has 3 rings (SSSR count). The second-order valence-corrected chi connectivity index (χ2v) is 8.93. The van der Waals surface area contributed by atoms with Crippen LogP contribution < -0.4 is 10.7 Å². The first-order chi connectivity index (χ1) is 14.4. The number of nitriles is 1. The number of rotatable bonds is 5. The van der Waals surface area contributed by atoms with Gasteiger partial charge in [-0.3, -0.25) is 0 Å². The first-order valence-electron chi connectivity index (χ1n) is 8.83. The fourth-order valence-electron chi connectivity index (χ4n) is 2.93. The van der Waals surface area contributed by atoms with Gasteiger partial charge in [0, 0.05) is 17.5 Å². The first-order valence-corrected chi connectivity index (χ1v) is 10.7. The maximum absolute atomic E-state index is 12.9. The van der Waals surface area contributed by atoms with E-state index in [1.165, 1.54) is 36.4 Å². The minimum atomic E-state index is -4.71. The Morgan fingerprint density at radius 1 is 1.13 bits per heavy atom. The Morgan fingerprint density at radius 3 is 2.26 bits per heavy atom. The van der Waals surface area contributed by atoms with Crippen LogP contribution in [0.4, 0.5) is 18.9 Å². The summed E-state index contributed by atoms with van der Waals surface area (Å²) in [6.45, 7) is -1.69. The number of halogens is 3. The highest BCUT2D eigenvalue weighted by Gasteiger charge is 2.39. The molecular formula is C20H17F3N4O3S. The lowest BCUT2D eigenvalue weighted by molar-refractivity contribution is -0.881.